The molecular formula is C16H29N3O. The average molecular weight is 279 g/mol. The van der Waals surface area contributed by atoms with Gasteiger partial charge in [-0.15, -0.1) is 0 Å². The number of rotatable bonds is 6. The summed E-state index contributed by atoms with van der Waals surface area (Å²) in [5.74, 6) is -0.179. The topological polar surface area (TPSA) is 58.4 Å². The number of hydrogen-bond donors (Lipinski definition) is 2. The summed E-state index contributed by atoms with van der Waals surface area (Å²) in [6, 6.07) is 0.431. The largest absolute Gasteiger partial charge is 0.368 e. The normalized spacial score (nSPS) is 27.8. The Morgan fingerprint density at radius 3 is 2.40 bits per heavy atom. The number of nitrogens with two attached hydrogens (primary N) is 1. The van der Waals surface area contributed by atoms with E-state index in [9.17, 15) is 4.79 Å². The number of carbonyl (C=O) groups excluding carboxylic acids is 1. The Kier molecular flexibility index (Phi) is 4.32. The average Bonchev–Trinajstić information content (AvgIpc) is 3.15. The maximum absolute atomic E-state index is 11.5. The second kappa shape index (κ2) is 6.02. The van der Waals surface area contributed by atoms with E-state index in [-0.39, 0.29) is 11.9 Å². The first kappa shape index (κ1) is 14.3. The van der Waals surface area contributed by atoms with Gasteiger partial charge in [0.05, 0.1) is 6.04 Å². The molecule has 114 valence electrons. The Bertz CT molecular complexity index is 338. The van der Waals surface area contributed by atoms with Crippen molar-refractivity contribution in [1.29, 1.82) is 0 Å². The molecule has 1 amide bonds. The van der Waals surface area contributed by atoms with Crippen LogP contribution < -0.4 is 11.1 Å². The van der Waals surface area contributed by atoms with Crippen molar-refractivity contribution in [2.24, 2.45) is 11.1 Å². The molecule has 2 aliphatic carbocycles. The minimum absolute atomic E-state index is 0.120. The maximum atomic E-state index is 11.5. The zero-order valence-corrected chi connectivity index (χ0v) is 12.6. The lowest BCUT2D eigenvalue weighted by molar-refractivity contribution is -0.120. The molecule has 4 heteroatoms. The van der Waals surface area contributed by atoms with Crippen LogP contribution in [-0.2, 0) is 4.79 Å². The van der Waals surface area contributed by atoms with Crippen molar-refractivity contribution in [2.45, 2.75) is 69.9 Å². The number of piperidine rings is 1. The molecule has 1 aliphatic heterocycles. The molecule has 3 aliphatic rings. The van der Waals surface area contributed by atoms with Gasteiger partial charge in [-0.25, -0.2) is 0 Å². The van der Waals surface area contributed by atoms with Crippen LogP contribution in [0.25, 0.3) is 0 Å². The van der Waals surface area contributed by atoms with Gasteiger partial charge in [0.2, 0.25) is 5.91 Å². The van der Waals surface area contributed by atoms with E-state index in [1.165, 1.54) is 64.5 Å². The number of nitrogens with one attached hydrogen (secondary N) is 1. The number of primary amides is 1. The van der Waals surface area contributed by atoms with E-state index in [2.05, 4.69) is 10.2 Å². The zero-order chi connectivity index (χ0) is 14.0. The van der Waals surface area contributed by atoms with Crippen molar-refractivity contribution in [1.82, 2.24) is 10.2 Å². The summed E-state index contributed by atoms with van der Waals surface area (Å²) < 4.78 is 0. The van der Waals surface area contributed by atoms with Gasteiger partial charge in [0, 0.05) is 12.6 Å². The number of hydrogen-bond acceptors (Lipinski definition) is 3. The Labute approximate surface area is 122 Å². The Hall–Kier alpha value is -0.610. The summed E-state index contributed by atoms with van der Waals surface area (Å²) in [5.41, 5.74) is 6.19. The second-order valence-electron chi connectivity index (χ2n) is 7.23. The van der Waals surface area contributed by atoms with E-state index < -0.39 is 0 Å². The van der Waals surface area contributed by atoms with Crippen molar-refractivity contribution in [2.75, 3.05) is 19.6 Å². The molecular weight excluding hydrogens is 250 g/mol. The molecule has 0 aromatic heterocycles. The van der Waals surface area contributed by atoms with Crippen molar-refractivity contribution in [3.05, 3.63) is 0 Å². The van der Waals surface area contributed by atoms with Crippen LogP contribution in [0.4, 0.5) is 0 Å². The molecule has 0 aromatic carbocycles. The number of amides is 1. The monoisotopic (exact) mass is 279 g/mol. The van der Waals surface area contributed by atoms with Crippen LogP contribution in [0.15, 0.2) is 0 Å². The van der Waals surface area contributed by atoms with Gasteiger partial charge in [-0.3, -0.25) is 4.79 Å². The highest BCUT2D eigenvalue weighted by atomic mass is 16.1. The predicted octanol–water partition coefficient (Wildman–Crippen LogP) is 1.64. The third-order valence-corrected chi connectivity index (χ3v) is 5.67. The van der Waals surface area contributed by atoms with E-state index in [0.29, 0.717) is 11.5 Å². The molecule has 3 N–H and O–H groups in total. The lowest BCUT2D eigenvalue weighted by atomic mass is 9.77. The molecule has 1 saturated heterocycles. The van der Waals surface area contributed by atoms with Crippen LogP contribution in [-0.4, -0.2) is 42.5 Å². The first-order chi connectivity index (χ1) is 9.67. The van der Waals surface area contributed by atoms with Gasteiger partial charge in [-0.05, 0) is 63.5 Å². The molecule has 1 heterocycles. The first-order valence-electron chi connectivity index (χ1n) is 8.45. The van der Waals surface area contributed by atoms with Crippen molar-refractivity contribution >= 4 is 5.91 Å². The summed E-state index contributed by atoms with van der Waals surface area (Å²) in [6.07, 6.45) is 11.8. The number of carbonyl (C=O) groups is 1. The van der Waals surface area contributed by atoms with Gasteiger partial charge in [-0.2, -0.15) is 0 Å². The summed E-state index contributed by atoms with van der Waals surface area (Å²) in [5, 5.41) is 3.38. The standard InChI is InChI=1S/C16H29N3O/c17-15(20)14(18-13-3-4-13)5-10-19-11-8-16(9-12-19)6-1-2-7-16/h13-14,18H,1-12H2,(H2,17,20). The van der Waals surface area contributed by atoms with Crippen molar-refractivity contribution in [3.63, 3.8) is 0 Å². The highest BCUT2D eigenvalue weighted by Gasteiger charge is 2.37. The minimum Gasteiger partial charge on any atom is -0.368 e. The minimum atomic E-state index is -0.179. The summed E-state index contributed by atoms with van der Waals surface area (Å²) >= 11 is 0. The molecule has 1 unspecified atom stereocenters. The fourth-order valence-corrected chi connectivity index (χ4v) is 4.03. The molecule has 20 heavy (non-hydrogen) atoms. The molecule has 0 radical (unpaired) electrons. The van der Waals surface area contributed by atoms with E-state index in [1.807, 2.05) is 0 Å². The van der Waals surface area contributed by atoms with E-state index in [4.69, 9.17) is 5.73 Å². The SMILES string of the molecule is NC(=O)C(CCN1CCC2(CCCC2)CC1)NC1CC1. The molecule has 3 rings (SSSR count). The summed E-state index contributed by atoms with van der Waals surface area (Å²) in [7, 11) is 0. The van der Waals surface area contributed by atoms with Gasteiger partial charge in [0.25, 0.3) is 0 Å². The molecule has 2 saturated carbocycles. The van der Waals surface area contributed by atoms with Crippen molar-refractivity contribution in [3.8, 4) is 0 Å². The molecule has 4 nitrogen and oxygen atoms in total. The molecule has 0 bridgehead atoms. The number of likely N-dealkylation sites (tertiary alicyclic amines) is 1. The van der Waals surface area contributed by atoms with Crippen LogP contribution in [0, 0.1) is 5.41 Å². The molecule has 1 spiro atoms. The summed E-state index contributed by atoms with van der Waals surface area (Å²) in [4.78, 5) is 14.0. The third-order valence-electron chi connectivity index (χ3n) is 5.67. The van der Waals surface area contributed by atoms with Gasteiger partial charge < -0.3 is 16.0 Å². The molecule has 3 fully saturated rings. The van der Waals surface area contributed by atoms with E-state index >= 15 is 0 Å². The smallest absolute Gasteiger partial charge is 0.234 e. The maximum Gasteiger partial charge on any atom is 0.234 e. The van der Waals surface area contributed by atoms with Crippen LogP contribution in [0.1, 0.15) is 57.8 Å². The van der Waals surface area contributed by atoms with Crippen LogP contribution in [0.2, 0.25) is 0 Å². The quantitative estimate of drug-likeness (QED) is 0.777. The second-order valence-corrected chi connectivity index (χ2v) is 7.23. The summed E-state index contributed by atoms with van der Waals surface area (Å²) in [6.45, 7) is 3.45. The third kappa shape index (κ3) is 3.53. The van der Waals surface area contributed by atoms with Crippen molar-refractivity contribution < 1.29 is 4.79 Å². The molecule has 0 aromatic rings. The Balaban J connectivity index is 1.40. The first-order valence-corrected chi connectivity index (χ1v) is 8.45. The number of nitrogens with zero attached hydrogens (tertiary/aromatic N) is 1. The van der Waals surface area contributed by atoms with E-state index in [0.717, 1.165) is 13.0 Å². The van der Waals surface area contributed by atoms with Gasteiger partial charge in [0.15, 0.2) is 0 Å². The van der Waals surface area contributed by atoms with E-state index in [1.54, 1.807) is 0 Å². The molecule has 1 atom stereocenters. The fraction of sp³-hybridized carbons (Fsp3) is 0.938. The predicted molar refractivity (Wildman–Crippen MR) is 80.3 cm³/mol. The van der Waals surface area contributed by atoms with Crippen LogP contribution >= 0.6 is 0 Å². The highest BCUT2D eigenvalue weighted by molar-refractivity contribution is 5.79. The van der Waals surface area contributed by atoms with Gasteiger partial charge in [-0.1, -0.05) is 12.8 Å². The fourth-order valence-electron chi connectivity index (χ4n) is 4.03. The van der Waals surface area contributed by atoms with Crippen LogP contribution in [0.5, 0.6) is 0 Å². The zero-order valence-electron chi connectivity index (χ0n) is 12.6. The van der Waals surface area contributed by atoms with Crippen LogP contribution in [0.3, 0.4) is 0 Å². The Morgan fingerprint density at radius 2 is 1.85 bits per heavy atom. The lowest BCUT2D eigenvalue weighted by Crippen LogP contribution is -2.46. The van der Waals surface area contributed by atoms with Gasteiger partial charge in [0.1, 0.15) is 0 Å². The van der Waals surface area contributed by atoms with Gasteiger partial charge >= 0.3 is 0 Å². The Morgan fingerprint density at radius 1 is 1.20 bits per heavy atom. The highest BCUT2D eigenvalue weighted by Crippen LogP contribution is 2.46. The lowest BCUT2D eigenvalue weighted by Gasteiger charge is -2.39.